The normalized spacial score (nSPS) is 13.7. The van der Waals surface area contributed by atoms with Gasteiger partial charge in [0.2, 0.25) is 0 Å². The van der Waals surface area contributed by atoms with Crippen molar-refractivity contribution >= 4 is 29.9 Å². The highest BCUT2D eigenvalue weighted by Crippen LogP contribution is 2.30. The molecule has 3 rings (SSSR count). The molecule has 1 aliphatic rings. The number of hydrogen-bond donors (Lipinski definition) is 2. The van der Waals surface area contributed by atoms with Gasteiger partial charge in [-0.15, -0.1) is 24.0 Å². The van der Waals surface area contributed by atoms with Crippen molar-refractivity contribution < 1.29 is 9.26 Å². The molecule has 0 amide bonds. The molecule has 1 aromatic heterocycles. The maximum absolute atomic E-state index is 6.06. The summed E-state index contributed by atoms with van der Waals surface area (Å²) < 4.78 is 11.3. The number of benzene rings is 1. The maximum atomic E-state index is 6.06. The molecular weight excluding hydrogens is 479 g/mol. The minimum atomic E-state index is 0. The Labute approximate surface area is 190 Å². The largest absolute Gasteiger partial charge is 0.493 e. The molecule has 1 saturated carbocycles. The van der Waals surface area contributed by atoms with Gasteiger partial charge in [-0.25, -0.2) is 0 Å². The van der Waals surface area contributed by atoms with E-state index in [1.165, 1.54) is 24.0 Å². The first-order chi connectivity index (χ1) is 13.6. The number of aromatic nitrogens is 1. The highest BCUT2D eigenvalue weighted by molar-refractivity contribution is 14.0. The number of ether oxygens (including phenoxy) is 1. The average molecular weight is 512 g/mol. The molecule has 2 aromatic rings. The smallest absolute Gasteiger partial charge is 0.191 e. The Morgan fingerprint density at radius 1 is 1.24 bits per heavy atom. The van der Waals surface area contributed by atoms with E-state index in [0.29, 0.717) is 6.54 Å². The van der Waals surface area contributed by atoms with Gasteiger partial charge in [0, 0.05) is 31.3 Å². The molecule has 1 fully saturated rings. The minimum absolute atomic E-state index is 0. The lowest BCUT2D eigenvalue weighted by Gasteiger charge is -2.15. The van der Waals surface area contributed by atoms with E-state index in [9.17, 15) is 0 Å². The lowest BCUT2D eigenvalue weighted by molar-refractivity contribution is 0.296. The van der Waals surface area contributed by atoms with E-state index in [1.54, 1.807) is 7.05 Å². The lowest BCUT2D eigenvalue weighted by Crippen LogP contribution is -2.37. The second kappa shape index (κ2) is 11.4. The Morgan fingerprint density at radius 2 is 2.03 bits per heavy atom. The van der Waals surface area contributed by atoms with Crippen LogP contribution in [0.3, 0.4) is 0 Å². The van der Waals surface area contributed by atoms with E-state index < -0.39 is 0 Å². The molecule has 160 valence electrons. The molecule has 0 spiro atoms. The second-order valence-corrected chi connectivity index (χ2v) is 7.62. The van der Waals surface area contributed by atoms with Crippen LogP contribution in [-0.4, -0.2) is 31.3 Å². The molecule has 29 heavy (non-hydrogen) atoms. The topological polar surface area (TPSA) is 71.7 Å². The van der Waals surface area contributed by atoms with E-state index in [4.69, 9.17) is 9.26 Å². The first-order valence-electron chi connectivity index (χ1n) is 10.2. The summed E-state index contributed by atoms with van der Waals surface area (Å²) in [6.45, 7) is 8.40. The van der Waals surface area contributed by atoms with Gasteiger partial charge in [-0.1, -0.05) is 17.3 Å². The van der Waals surface area contributed by atoms with Crippen molar-refractivity contribution in [2.24, 2.45) is 10.9 Å². The van der Waals surface area contributed by atoms with Gasteiger partial charge in [0.05, 0.1) is 12.3 Å². The predicted octanol–water partition coefficient (Wildman–Crippen LogP) is 4.30. The zero-order valence-electron chi connectivity index (χ0n) is 17.9. The number of halogens is 1. The molecule has 0 atom stereocenters. The van der Waals surface area contributed by atoms with Crippen LogP contribution in [0.2, 0.25) is 0 Å². The highest BCUT2D eigenvalue weighted by Gasteiger charge is 2.22. The van der Waals surface area contributed by atoms with Crippen LogP contribution >= 0.6 is 24.0 Å². The summed E-state index contributed by atoms with van der Waals surface area (Å²) in [6, 6.07) is 6.38. The Bertz CT molecular complexity index is 796. The fourth-order valence-electron chi connectivity index (χ4n) is 3.16. The summed E-state index contributed by atoms with van der Waals surface area (Å²) in [4.78, 5) is 4.33. The quantitative estimate of drug-likeness (QED) is 0.227. The van der Waals surface area contributed by atoms with Gasteiger partial charge in [-0.2, -0.15) is 0 Å². The molecule has 1 heterocycles. The van der Waals surface area contributed by atoms with Crippen LogP contribution in [0.1, 0.15) is 47.4 Å². The SMILES string of the molecule is CN=C(NCCCc1c(C)noc1C)NCc1ccc(C)cc1OCC1CC1.I. The lowest BCUT2D eigenvalue weighted by atomic mass is 10.1. The van der Waals surface area contributed by atoms with Crippen LogP contribution in [0.25, 0.3) is 0 Å². The van der Waals surface area contributed by atoms with E-state index >= 15 is 0 Å². The number of guanidine groups is 1. The molecule has 1 aliphatic carbocycles. The predicted molar refractivity (Wildman–Crippen MR) is 127 cm³/mol. The van der Waals surface area contributed by atoms with E-state index in [-0.39, 0.29) is 24.0 Å². The van der Waals surface area contributed by atoms with E-state index in [0.717, 1.165) is 60.6 Å². The maximum Gasteiger partial charge on any atom is 0.191 e. The fraction of sp³-hybridized carbons (Fsp3) is 0.545. The van der Waals surface area contributed by atoms with Gasteiger partial charge in [-0.05, 0) is 64.0 Å². The summed E-state index contributed by atoms with van der Waals surface area (Å²) in [7, 11) is 1.79. The van der Waals surface area contributed by atoms with Crippen molar-refractivity contribution in [3.8, 4) is 5.75 Å². The number of aliphatic imine (C=N–C) groups is 1. The van der Waals surface area contributed by atoms with Gasteiger partial charge in [0.1, 0.15) is 11.5 Å². The first-order valence-corrected chi connectivity index (χ1v) is 10.2. The third kappa shape index (κ3) is 7.21. The van der Waals surface area contributed by atoms with Gasteiger partial charge in [0.25, 0.3) is 0 Å². The Hall–Kier alpha value is -1.77. The van der Waals surface area contributed by atoms with Crippen LogP contribution < -0.4 is 15.4 Å². The fourth-order valence-corrected chi connectivity index (χ4v) is 3.16. The molecule has 0 aliphatic heterocycles. The van der Waals surface area contributed by atoms with Crippen LogP contribution in [-0.2, 0) is 13.0 Å². The van der Waals surface area contributed by atoms with Gasteiger partial charge < -0.3 is 19.9 Å². The van der Waals surface area contributed by atoms with Crippen LogP contribution in [0.15, 0.2) is 27.7 Å². The van der Waals surface area contributed by atoms with Gasteiger partial charge in [-0.3, -0.25) is 4.99 Å². The summed E-state index contributed by atoms with van der Waals surface area (Å²) in [5.41, 5.74) is 4.57. The van der Waals surface area contributed by atoms with E-state index in [2.05, 4.69) is 45.9 Å². The molecular formula is C22H33IN4O2. The summed E-state index contributed by atoms with van der Waals surface area (Å²) in [5, 5.41) is 10.8. The number of nitrogens with one attached hydrogen (secondary N) is 2. The Balaban J connectivity index is 0.00000300. The molecule has 2 N–H and O–H groups in total. The molecule has 7 heteroatoms. The van der Waals surface area contributed by atoms with Crippen LogP contribution in [0, 0.1) is 26.7 Å². The molecule has 6 nitrogen and oxygen atoms in total. The van der Waals surface area contributed by atoms with Crippen molar-refractivity contribution in [3.05, 3.63) is 46.3 Å². The summed E-state index contributed by atoms with van der Waals surface area (Å²) in [5.74, 6) is 3.44. The number of nitrogens with zero attached hydrogens (tertiary/aromatic N) is 2. The second-order valence-electron chi connectivity index (χ2n) is 7.62. The van der Waals surface area contributed by atoms with Crippen LogP contribution in [0.4, 0.5) is 0 Å². The Morgan fingerprint density at radius 3 is 2.69 bits per heavy atom. The molecule has 0 radical (unpaired) electrons. The number of aryl methyl sites for hydroxylation is 3. The standard InChI is InChI=1S/C22H32N4O2.HI/c1-15-7-10-19(21(12-15)27-14-18-8-9-18)13-25-22(23-4)24-11-5-6-20-16(2)26-28-17(20)3;/h7,10,12,18H,5-6,8-9,11,13-14H2,1-4H3,(H2,23,24,25);1H. The Kier molecular flexibility index (Phi) is 9.26. The molecule has 0 saturated heterocycles. The summed E-state index contributed by atoms with van der Waals surface area (Å²) in [6.07, 6.45) is 4.53. The van der Waals surface area contributed by atoms with Crippen molar-refractivity contribution in [2.45, 2.75) is 53.0 Å². The highest BCUT2D eigenvalue weighted by atomic mass is 127. The molecule has 1 aromatic carbocycles. The minimum Gasteiger partial charge on any atom is -0.493 e. The molecule has 0 unspecified atom stereocenters. The summed E-state index contributed by atoms with van der Waals surface area (Å²) >= 11 is 0. The van der Waals surface area contributed by atoms with Crippen LogP contribution in [0.5, 0.6) is 5.75 Å². The van der Waals surface area contributed by atoms with Crippen molar-refractivity contribution in [2.75, 3.05) is 20.2 Å². The van der Waals surface area contributed by atoms with E-state index in [1.807, 2.05) is 13.8 Å². The number of hydrogen-bond acceptors (Lipinski definition) is 4. The van der Waals surface area contributed by atoms with Gasteiger partial charge >= 0.3 is 0 Å². The first kappa shape index (κ1) is 23.5. The van der Waals surface area contributed by atoms with Crippen molar-refractivity contribution in [1.82, 2.24) is 15.8 Å². The third-order valence-corrected chi connectivity index (χ3v) is 5.14. The van der Waals surface area contributed by atoms with Crippen molar-refractivity contribution in [3.63, 3.8) is 0 Å². The molecule has 0 bridgehead atoms. The number of rotatable bonds is 9. The third-order valence-electron chi connectivity index (χ3n) is 5.14. The average Bonchev–Trinajstić information content (AvgIpc) is 3.46. The monoisotopic (exact) mass is 512 g/mol. The zero-order chi connectivity index (χ0) is 19.9. The van der Waals surface area contributed by atoms with Gasteiger partial charge in [0.15, 0.2) is 5.96 Å². The zero-order valence-corrected chi connectivity index (χ0v) is 20.2. The van der Waals surface area contributed by atoms with Crippen molar-refractivity contribution in [1.29, 1.82) is 0 Å².